The average molecular weight is 410 g/mol. The van der Waals surface area contributed by atoms with E-state index in [0.717, 1.165) is 40.4 Å². The molecule has 0 atom stereocenters. The van der Waals surface area contributed by atoms with Crippen LogP contribution in [0, 0.1) is 0 Å². The molecule has 1 aromatic heterocycles. The molecule has 0 radical (unpaired) electrons. The lowest BCUT2D eigenvalue weighted by atomic mass is 9.96. The zero-order chi connectivity index (χ0) is 21.4. The minimum absolute atomic E-state index is 0.123. The molecule has 1 amide bonds. The summed E-state index contributed by atoms with van der Waals surface area (Å²) in [5.74, 6) is -0.551. The first-order valence-electron chi connectivity index (χ1n) is 10.4. The van der Waals surface area contributed by atoms with Crippen LogP contribution < -0.4 is 5.32 Å². The summed E-state index contributed by atoms with van der Waals surface area (Å²) in [7, 11) is 0. The van der Waals surface area contributed by atoms with E-state index in [9.17, 15) is 14.7 Å². The Morgan fingerprint density at radius 3 is 2.39 bits per heavy atom. The second-order valence-electron chi connectivity index (χ2n) is 8.04. The Hall–Kier alpha value is -3.86. The Kier molecular flexibility index (Phi) is 4.79. The number of aromatic carboxylic acids is 1. The average Bonchev–Trinajstić information content (AvgIpc) is 3.56. The number of aromatic amines is 1. The van der Waals surface area contributed by atoms with Crippen LogP contribution in [0.5, 0.6) is 0 Å². The van der Waals surface area contributed by atoms with Crippen LogP contribution in [0.25, 0.3) is 22.0 Å². The molecule has 1 aliphatic rings. The second kappa shape index (κ2) is 7.76. The van der Waals surface area contributed by atoms with Gasteiger partial charge in [-0.2, -0.15) is 0 Å². The van der Waals surface area contributed by atoms with E-state index in [1.54, 1.807) is 6.07 Å². The summed E-state index contributed by atoms with van der Waals surface area (Å²) in [5.41, 5.74) is 5.83. The smallest absolute Gasteiger partial charge is 0.352 e. The van der Waals surface area contributed by atoms with Crippen LogP contribution in [-0.2, 0) is 6.54 Å². The van der Waals surface area contributed by atoms with Gasteiger partial charge in [0.25, 0.3) is 5.91 Å². The molecule has 4 aromatic rings. The lowest BCUT2D eigenvalue weighted by Crippen LogP contribution is -2.22. The third kappa shape index (κ3) is 3.94. The molecule has 1 aliphatic carbocycles. The molecule has 0 aliphatic heterocycles. The van der Waals surface area contributed by atoms with Crippen molar-refractivity contribution < 1.29 is 14.7 Å². The van der Waals surface area contributed by atoms with E-state index in [4.69, 9.17) is 0 Å². The lowest BCUT2D eigenvalue weighted by molar-refractivity contribution is 0.0691. The van der Waals surface area contributed by atoms with E-state index in [1.165, 1.54) is 5.56 Å². The van der Waals surface area contributed by atoms with Gasteiger partial charge in [-0.15, -0.1) is 0 Å². The van der Waals surface area contributed by atoms with Crippen molar-refractivity contribution in [2.75, 3.05) is 0 Å². The predicted molar refractivity (Wildman–Crippen MR) is 120 cm³/mol. The van der Waals surface area contributed by atoms with E-state index in [-0.39, 0.29) is 11.6 Å². The summed E-state index contributed by atoms with van der Waals surface area (Å²) in [6.07, 6.45) is 2.33. The van der Waals surface area contributed by atoms with Gasteiger partial charge in [-0.25, -0.2) is 4.79 Å². The van der Waals surface area contributed by atoms with Gasteiger partial charge in [0.05, 0.1) is 0 Å². The van der Waals surface area contributed by atoms with Crippen LogP contribution in [0.2, 0.25) is 0 Å². The zero-order valence-electron chi connectivity index (χ0n) is 16.9. The zero-order valence-corrected chi connectivity index (χ0v) is 16.9. The van der Waals surface area contributed by atoms with Crippen molar-refractivity contribution in [3.63, 3.8) is 0 Å². The molecule has 5 nitrogen and oxygen atoms in total. The Bertz CT molecular complexity index is 1270. The third-order valence-electron chi connectivity index (χ3n) is 5.79. The number of carbonyl (C=O) groups is 2. The summed E-state index contributed by atoms with van der Waals surface area (Å²) in [6.45, 7) is 0.479. The van der Waals surface area contributed by atoms with Gasteiger partial charge in [-0.05, 0) is 65.3 Å². The van der Waals surface area contributed by atoms with Crippen molar-refractivity contribution in [1.29, 1.82) is 0 Å². The van der Waals surface area contributed by atoms with Gasteiger partial charge in [0, 0.05) is 23.0 Å². The molecule has 1 saturated carbocycles. The number of hydrogen-bond acceptors (Lipinski definition) is 2. The lowest BCUT2D eigenvalue weighted by Gasteiger charge is -2.09. The SMILES string of the molecule is O=C(NCc1ccccc1)c1ccc(-c2cc(C3CC3)cc3[nH]c(C(=O)O)cc23)cc1. The van der Waals surface area contributed by atoms with Crippen molar-refractivity contribution in [2.45, 2.75) is 25.3 Å². The fraction of sp³-hybridized carbons (Fsp3) is 0.154. The van der Waals surface area contributed by atoms with Gasteiger partial charge in [-0.1, -0.05) is 48.5 Å². The molecule has 5 rings (SSSR count). The highest BCUT2D eigenvalue weighted by Crippen LogP contribution is 2.43. The maximum atomic E-state index is 12.5. The monoisotopic (exact) mass is 410 g/mol. The summed E-state index contributed by atoms with van der Waals surface area (Å²) < 4.78 is 0. The highest BCUT2D eigenvalue weighted by atomic mass is 16.4. The number of rotatable bonds is 6. The number of carboxylic acids is 1. The van der Waals surface area contributed by atoms with E-state index in [2.05, 4.69) is 22.4 Å². The molecule has 5 heteroatoms. The van der Waals surface area contributed by atoms with E-state index in [0.29, 0.717) is 18.0 Å². The highest BCUT2D eigenvalue weighted by molar-refractivity contribution is 6.02. The van der Waals surface area contributed by atoms with E-state index in [1.807, 2.05) is 54.6 Å². The van der Waals surface area contributed by atoms with E-state index < -0.39 is 5.97 Å². The van der Waals surface area contributed by atoms with Crippen molar-refractivity contribution in [2.24, 2.45) is 0 Å². The number of amides is 1. The number of H-pyrrole nitrogens is 1. The summed E-state index contributed by atoms with van der Waals surface area (Å²) in [6, 6.07) is 23.2. The topological polar surface area (TPSA) is 82.2 Å². The molecule has 154 valence electrons. The molecule has 3 aromatic carbocycles. The van der Waals surface area contributed by atoms with Crippen molar-refractivity contribution in [3.8, 4) is 11.1 Å². The maximum Gasteiger partial charge on any atom is 0.352 e. The number of carboxylic acid groups (broad SMARTS) is 1. The van der Waals surface area contributed by atoms with Gasteiger partial charge >= 0.3 is 5.97 Å². The number of aromatic nitrogens is 1. The van der Waals surface area contributed by atoms with Gasteiger partial charge in [-0.3, -0.25) is 4.79 Å². The van der Waals surface area contributed by atoms with E-state index >= 15 is 0 Å². The fourth-order valence-corrected chi connectivity index (χ4v) is 3.95. The number of fused-ring (bicyclic) bond motifs is 1. The number of benzene rings is 3. The van der Waals surface area contributed by atoms with Gasteiger partial charge < -0.3 is 15.4 Å². The Balaban J connectivity index is 1.43. The second-order valence-corrected chi connectivity index (χ2v) is 8.04. The molecule has 0 saturated heterocycles. The van der Waals surface area contributed by atoms with Crippen LogP contribution >= 0.6 is 0 Å². The van der Waals surface area contributed by atoms with Gasteiger partial charge in [0.1, 0.15) is 5.69 Å². The summed E-state index contributed by atoms with van der Waals surface area (Å²) in [4.78, 5) is 27.0. The minimum Gasteiger partial charge on any atom is -0.477 e. The molecule has 1 fully saturated rings. The van der Waals surface area contributed by atoms with Crippen LogP contribution in [0.15, 0.2) is 72.8 Å². The molecule has 3 N–H and O–H groups in total. The molecule has 0 bridgehead atoms. The third-order valence-corrected chi connectivity index (χ3v) is 5.79. The van der Waals surface area contributed by atoms with Crippen LogP contribution in [-0.4, -0.2) is 22.0 Å². The summed E-state index contributed by atoms with van der Waals surface area (Å²) >= 11 is 0. The molecular weight excluding hydrogens is 388 g/mol. The number of carbonyl (C=O) groups excluding carboxylic acids is 1. The minimum atomic E-state index is -0.972. The largest absolute Gasteiger partial charge is 0.477 e. The standard InChI is InChI=1S/C26H22N2O3/c29-25(27-15-16-4-2-1-3-5-16)19-10-8-18(9-11-19)21-12-20(17-6-7-17)13-23-22(21)14-24(28-23)26(30)31/h1-5,8-14,17,28H,6-7,15H2,(H,27,29)(H,30,31). The number of nitrogens with one attached hydrogen (secondary N) is 2. The van der Waals surface area contributed by atoms with Crippen LogP contribution in [0.3, 0.4) is 0 Å². The molecule has 0 spiro atoms. The van der Waals surface area contributed by atoms with Crippen molar-refractivity contribution in [1.82, 2.24) is 10.3 Å². The first-order chi connectivity index (χ1) is 15.1. The first kappa shape index (κ1) is 19.1. The number of hydrogen-bond donors (Lipinski definition) is 3. The fourth-order valence-electron chi connectivity index (χ4n) is 3.95. The van der Waals surface area contributed by atoms with Crippen LogP contribution in [0.1, 0.15) is 50.7 Å². The molecule has 1 heterocycles. The van der Waals surface area contributed by atoms with Crippen molar-refractivity contribution in [3.05, 3.63) is 95.2 Å². The Morgan fingerprint density at radius 2 is 1.71 bits per heavy atom. The Morgan fingerprint density at radius 1 is 0.968 bits per heavy atom. The predicted octanol–water partition coefficient (Wildman–Crippen LogP) is 5.34. The highest BCUT2D eigenvalue weighted by Gasteiger charge is 2.25. The quantitative estimate of drug-likeness (QED) is 0.401. The van der Waals surface area contributed by atoms with Gasteiger partial charge in [0.2, 0.25) is 0 Å². The Labute approximate surface area is 179 Å². The summed E-state index contributed by atoms with van der Waals surface area (Å²) in [5, 5.41) is 13.2. The first-order valence-corrected chi connectivity index (χ1v) is 10.4. The van der Waals surface area contributed by atoms with Crippen LogP contribution in [0.4, 0.5) is 0 Å². The van der Waals surface area contributed by atoms with Crippen molar-refractivity contribution >= 4 is 22.8 Å². The normalized spacial score (nSPS) is 13.3. The maximum absolute atomic E-state index is 12.5. The molecule has 0 unspecified atom stereocenters. The van der Waals surface area contributed by atoms with Gasteiger partial charge in [0.15, 0.2) is 0 Å². The molecule has 31 heavy (non-hydrogen) atoms. The molecular formula is C26H22N2O3.